The van der Waals surface area contributed by atoms with Crippen LogP contribution < -0.4 is 17.0 Å². The smallest absolute Gasteiger partial charge is 0.505 e. The van der Waals surface area contributed by atoms with Gasteiger partial charge >= 0.3 is 8.80 Å². The zero-order valence-electron chi connectivity index (χ0n) is 16.3. The summed E-state index contributed by atoms with van der Waals surface area (Å²) < 4.78 is 18.1. The predicted molar refractivity (Wildman–Crippen MR) is 96.0 cm³/mol. The van der Waals surface area contributed by atoms with Crippen LogP contribution in [-0.4, -0.2) is 60.8 Å². The van der Waals surface area contributed by atoms with Crippen molar-refractivity contribution >= 4 is 8.80 Å². The van der Waals surface area contributed by atoms with Gasteiger partial charge in [0.25, 0.3) is 0 Å². The topological polar surface area (TPSA) is 27.7 Å². The fourth-order valence-corrected chi connectivity index (χ4v) is 4.94. The fraction of sp³-hybridized carbons (Fsp3) is 1.00. The molecule has 0 aliphatic rings. The molecule has 0 aromatic heterocycles. The molecule has 0 aliphatic heterocycles. The molecule has 4 nitrogen and oxygen atoms in total. The average molecular weight is 415 g/mol. The number of hydrogen-bond acceptors (Lipinski definition) is 3. The molecule has 0 bridgehead atoms. The standard InChI is InChI=1S/C17H40NO3Si.BrH/c1-7-10-13-18(14-11-8-2,15-12-9-3)16-17-22(19-4,20-5)21-6;/h7-17H2,1-6H3;1H/q+1;/p-1. The Balaban J connectivity index is 0. The van der Waals surface area contributed by atoms with Gasteiger partial charge in [-0.05, 0) is 19.3 Å². The second-order valence-electron chi connectivity index (χ2n) is 6.34. The number of unbranched alkanes of at least 4 members (excludes halogenated alkanes) is 3. The summed E-state index contributed by atoms with van der Waals surface area (Å²) in [5, 5.41) is 0. The molecule has 6 heteroatoms. The summed E-state index contributed by atoms with van der Waals surface area (Å²) in [6, 6.07) is 0.910. The highest BCUT2D eigenvalue weighted by Crippen LogP contribution is 2.21. The van der Waals surface area contributed by atoms with Crippen molar-refractivity contribution < 1.29 is 34.7 Å². The van der Waals surface area contributed by atoms with Crippen LogP contribution in [0.5, 0.6) is 0 Å². The predicted octanol–water partition coefficient (Wildman–Crippen LogP) is 1.09. The van der Waals surface area contributed by atoms with Crippen LogP contribution in [0.2, 0.25) is 6.04 Å². The van der Waals surface area contributed by atoms with Crippen LogP contribution in [0.25, 0.3) is 0 Å². The van der Waals surface area contributed by atoms with Crippen LogP contribution in [-0.2, 0) is 13.3 Å². The SMILES string of the molecule is CCCC[N+](CCCC)(CCCC)CC[Si](OC)(OC)OC.[Br-]. The maximum absolute atomic E-state index is 5.63. The normalized spacial score (nSPS) is 12.3. The third kappa shape index (κ3) is 9.56. The Labute approximate surface area is 156 Å². The van der Waals surface area contributed by atoms with E-state index in [0.717, 1.165) is 12.6 Å². The van der Waals surface area contributed by atoms with E-state index >= 15 is 0 Å². The van der Waals surface area contributed by atoms with Gasteiger partial charge in [-0.15, -0.1) is 0 Å². The molecule has 0 aromatic rings. The molecule has 0 rings (SSSR count). The second kappa shape index (κ2) is 14.8. The molecule has 0 aromatic carbocycles. The summed E-state index contributed by atoms with van der Waals surface area (Å²) in [5.41, 5.74) is 0. The minimum Gasteiger partial charge on any atom is -1.00 e. The molecule has 0 radical (unpaired) electrons. The first-order valence-corrected chi connectivity index (χ1v) is 11.0. The van der Waals surface area contributed by atoms with Crippen molar-refractivity contribution in [2.75, 3.05) is 47.5 Å². The van der Waals surface area contributed by atoms with E-state index in [1.807, 2.05) is 0 Å². The Morgan fingerprint density at radius 1 is 0.652 bits per heavy atom. The van der Waals surface area contributed by atoms with E-state index in [2.05, 4.69) is 20.8 Å². The van der Waals surface area contributed by atoms with Crippen LogP contribution in [0.1, 0.15) is 59.3 Å². The highest BCUT2D eigenvalue weighted by atomic mass is 79.9. The second-order valence-corrected chi connectivity index (χ2v) is 9.43. The Morgan fingerprint density at radius 3 is 1.26 bits per heavy atom. The third-order valence-corrected chi connectivity index (χ3v) is 7.49. The molecule has 0 saturated heterocycles. The molecule has 23 heavy (non-hydrogen) atoms. The van der Waals surface area contributed by atoms with E-state index in [1.54, 1.807) is 21.3 Å². The zero-order chi connectivity index (χ0) is 16.9. The highest BCUT2D eigenvalue weighted by Gasteiger charge is 2.41. The highest BCUT2D eigenvalue weighted by molar-refractivity contribution is 6.60. The molecular weight excluding hydrogens is 374 g/mol. The minimum absolute atomic E-state index is 0. The van der Waals surface area contributed by atoms with E-state index in [4.69, 9.17) is 13.3 Å². The molecule has 0 unspecified atom stereocenters. The number of quaternary nitrogens is 1. The molecule has 0 aliphatic carbocycles. The van der Waals surface area contributed by atoms with Crippen molar-refractivity contribution in [3.8, 4) is 0 Å². The van der Waals surface area contributed by atoms with Crippen molar-refractivity contribution in [2.24, 2.45) is 0 Å². The number of hydrogen-bond donors (Lipinski definition) is 0. The maximum Gasteiger partial charge on any atom is 0.505 e. The first-order chi connectivity index (χ1) is 10.6. The zero-order valence-corrected chi connectivity index (χ0v) is 18.9. The number of nitrogens with zero attached hydrogens (tertiary/aromatic N) is 1. The van der Waals surface area contributed by atoms with Gasteiger partial charge < -0.3 is 34.7 Å². The molecule has 0 N–H and O–H groups in total. The largest absolute Gasteiger partial charge is 1.00 e. The lowest BCUT2D eigenvalue weighted by atomic mass is 10.1. The fourth-order valence-electron chi connectivity index (χ4n) is 3.08. The lowest BCUT2D eigenvalue weighted by Gasteiger charge is -2.40. The Hall–Kier alpha value is 0.537. The van der Waals surface area contributed by atoms with Gasteiger partial charge in [0, 0.05) is 21.3 Å². The summed E-state index contributed by atoms with van der Waals surface area (Å²) in [7, 11) is 2.70. The van der Waals surface area contributed by atoms with Gasteiger partial charge in [0.2, 0.25) is 0 Å². The van der Waals surface area contributed by atoms with Crippen LogP contribution >= 0.6 is 0 Å². The molecule has 0 fully saturated rings. The van der Waals surface area contributed by atoms with E-state index < -0.39 is 8.80 Å². The summed E-state index contributed by atoms with van der Waals surface area (Å²) in [6.07, 6.45) is 7.69. The van der Waals surface area contributed by atoms with Gasteiger partial charge in [0.15, 0.2) is 0 Å². The van der Waals surface area contributed by atoms with Crippen LogP contribution in [0.3, 0.4) is 0 Å². The quantitative estimate of drug-likeness (QED) is 0.297. The first kappa shape index (κ1) is 25.8. The minimum atomic E-state index is -2.46. The van der Waals surface area contributed by atoms with Gasteiger partial charge in [-0.2, -0.15) is 0 Å². The first-order valence-electron chi connectivity index (χ1n) is 9.08. The molecule has 0 heterocycles. The van der Waals surface area contributed by atoms with Crippen molar-refractivity contribution in [3.05, 3.63) is 0 Å². The maximum atomic E-state index is 5.63. The number of halogens is 1. The van der Waals surface area contributed by atoms with E-state index in [9.17, 15) is 0 Å². The molecule has 0 saturated carbocycles. The van der Waals surface area contributed by atoms with Crippen LogP contribution in [0.15, 0.2) is 0 Å². The van der Waals surface area contributed by atoms with Gasteiger partial charge in [0.1, 0.15) is 0 Å². The van der Waals surface area contributed by atoms with Gasteiger partial charge in [-0.25, -0.2) is 0 Å². The van der Waals surface area contributed by atoms with Gasteiger partial charge in [0.05, 0.1) is 32.2 Å². The van der Waals surface area contributed by atoms with Gasteiger partial charge in [-0.1, -0.05) is 40.0 Å². The van der Waals surface area contributed by atoms with Gasteiger partial charge in [-0.3, -0.25) is 0 Å². The molecule has 142 valence electrons. The lowest BCUT2D eigenvalue weighted by molar-refractivity contribution is -0.927. The number of rotatable bonds is 15. The molecule has 0 atom stereocenters. The van der Waals surface area contributed by atoms with Crippen LogP contribution in [0, 0.1) is 0 Å². The van der Waals surface area contributed by atoms with E-state index in [-0.39, 0.29) is 17.0 Å². The monoisotopic (exact) mass is 413 g/mol. The van der Waals surface area contributed by atoms with Crippen molar-refractivity contribution in [3.63, 3.8) is 0 Å². The summed E-state index contributed by atoms with van der Waals surface area (Å²) in [4.78, 5) is 0. The van der Waals surface area contributed by atoms with Crippen molar-refractivity contribution in [1.82, 2.24) is 0 Å². The van der Waals surface area contributed by atoms with E-state index in [1.165, 1.54) is 62.6 Å². The Kier molecular flexibility index (Phi) is 16.6. The summed E-state index contributed by atoms with van der Waals surface area (Å²) >= 11 is 0. The van der Waals surface area contributed by atoms with E-state index in [0.29, 0.717) is 0 Å². The third-order valence-electron chi connectivity index (χ3n) is 4.78. The summed E-state index contributed by atoms with van der Waals surface area (Å²) in [6.45, 7) is 11.8. The molecule has 0 spiro atoms. The lowest BCUT2D eigenvalue weighted by Crippen LogP contribution is -3.00. The van der Waals surface area contributed by atoms with Crippen molar-refractivity contribution in [1.29, 1.82) is 0 Å². The molecule has 0 amide bonds. The Bertz CT molecular complexity index is 236. The Morgan fingerprint density at radius 2 is 1.00 bits per heavy atom. The average Bonchev–Trinajstić information content (AvgIpc) is 2.57. The summed E-state index contributed by atoms with van der Waals surface area (Å²) in [5.74, 6) is 0. The van der Waals surface area contributed by atoms with Crippen molar-refractivity contribution in [2.45, 2.75) is 65.3 Å². The van der Waals surface area contributed by atoms with Crippen LogP contribution in [0.4, 0.5) is 0 Å². The molecular formula is C17H40BrNO3Si.